The number of azo groups is 2. The molecule has 0 radical (unpaired) electrons. The first-order valence-electron chi connectivity index (χ1n) is 9.69. The summed E-state index contributed by atoms with van der Waals surface area (Å²) in [4.78, 5) is 12.6. The number of rotatable bonds is 9. The van der Waals surface area contributed by atoms with Crippen molar-refractivity contribution in [2.24, 2.45) is 25.6 Å². The molecule has 0 saturated heterocycles. The summed E-state index contributed by atoms with van der Waals surface area (Å²) in [5, 5.41) is 38.6. The number of hydrogen-bond acceptors (Lipinski definition) is 10. The largest absolute Gasteiger partial charge is 0.371 e. The van der Waals surface area contributed by atoms with Gasteiger partial charge in [0.2, 0.25) is 0 Å². The Bertz CT molecular complexity index is 1200. The molecule has 0 unspecified atom stereocenters. The lowest BCUT2D eigenvalue weighted by Gasteiger charge is -2.21. The fourth-order valence-corrected chi connectivity index (χ4v) is 3.50. The molecule has 158 valence electrons. The van der Waals surface area contributed by atoms with Crippen LogP contribution in [0, 0.1) is 27.6 Å². The van der Waals surface area contributed by atoms with Gasteiger partial charge in [0.1, 0.15) is 16.8 Å². The van der Waals surface area contributed by atoms with Gasteiger partial charge < -0.3 is 4.90 Å². The van der Waals surface area contributed by atoms with Crippen LogP contribution in [0.25, 0.3) is 0 Å². The first-order valence-corrected chi connectivity index (χ1v) is 10.5. The molecule has 0 aliphatic carbocycles. The summed E-state index contributed by atoms with van der Waals surface area (Å²) in [5.41, 5.74) is 2.89. The van der Waals surface area contributed by atoms with Gasteiger partial charge in [-0.2, -0.15) is 10.5 Å². The van der Waals surface area contributed by atoms with Crippen molar-refractivity contribution in [1.82, 2.24) is 0 Å². The average Bonchev–Trinajstić information content (AvgIpc) is 3.25. The van der Waals surface area contributed by atoms with Gasteiger partial charge in [0, 0.05) is 18.8 Å². The van der Waals surface area contributed by atoms with Crippen molar-refractivity contribution >= 4 is 44.1 Å². The van der Waals surface area contributed by atoms with Crippen LogP contribution in [0.15, 0.2) is 80.2 Å². The Morgan fingerprint density at radius 1 is 0.906 bits per heavy atom. The minimum atomic E-state index is 0.312. The molecule has 3 aromatic rings. The lowest BCUT2D eigenvalue weighted by Crippen LogP contribution is -2.23. The second-order valence-corrected chi connectivity index (χ2v) is 7.44. The normalized spacial score (nSPS) is 10.8. The summed E-state index contributed by atoms with van der Waals surface area (Å²) in [6.07, 6.45) is 0.464. The zero-order valence-corrected chi connectivity index (χ0v) is 18.0. The maximum absolute atomic E-state index is 10.5. The Balaban J connectivity index is 1.72. The number of nitriles is 2. The Kier molecular flexibility index (Phi) is 7.84. The van der Waals surface area contributed by atoms with E-state index >= 15 is 0 Å². The van der Waals surface area contributed by atoms with Crippen molar-refractivity contribution in [2.75, 3.05) is 18.0 Å². The number of nitrogens with zero attached hydrogens (tertiary/aromatic N) is 8. The van der Waals surface area contributed by atoms with Crippen molar-refractivity contribution in [2.45, 2.75) is 13.3 Å². The molecule has 0 amide bonds. The molecular weight excluding hydrogens is 424 g/mol. The molecule has 32 heavy (non-hydrogen) atoms. The number of anilines is 1. The third-order valence-corrected chi connectivity index (χ3v) is 5.29. The molecule has 0 saturated carbocycles. The number of nitroso groups, excluding NO2 is 1. The van der Waals surface area contributed by atoms with Crippen LogP contribution < -0.4 is 4.90 Å². The Morgan fingerprint density at radius 2 is 1.53 bits per heavy atom. The van der Waals surface area contributed by atoms with E-state index in [4.69, 9.17) is 5.26 Å². The van der Waals surface area contributed by atoms with Crippen molar-refractivity contribution in [3.63, 3.8) is 0 Å². The van der Waals surface area contributed by atoms with Crippen LogP contribution in [-0.2, 0) is 0 Å². The summed E-state index contributed by atoms with van der Waals surface area (Å²) in [5.74, 6) is 0. The van der Waals surface area contributed by atoms with Crippen LogP contribution in [0.5, 0.6) is 0 Å². The topological polar surface area (TPSA) is 130 Å². The van der Waals surface area contributed by atoms with Gasteiger partial charge in [-0.25, -0.2) is 0 Å². The zero-order valence-electron chi connectivity index (χ0n) is 17.2. The van der Waals surface area contributed by atoms with Gasteiger partial charge in [0.15, 0.2) is 5.00 Å². The van der Waals surface area contributed by atoms with Gasteiger partial charge in [0.25, 0.3) is 0 Å². The van der Waals surface area contributed by atoms with E-state index in [0.29, 0.717) is 45.6 Å². The van der Waals surface area contributed by atoms with Crippen LogP contribution >= 0.6 is 11.3 Å². The third-order valence-electron chi connectivity index (χ3n) is 4.39. The van der Waals surface area contributed by atoms with E-state index in [0.717, 1.165) is 12.2 Å². The van der Waals surface area contributed by atoms with Crippen LogP contribution in [0.3, 0.4) is 0 Å². The van der Waals surface area contributed by atoms with Gasteiger partial charge in [-0.05, 0) is 66.7 Å². The lowest BCUT2D eigenvalue weighted by atomic mass is 10.2. The van der Waals surface area contributed by atoms with Crippen molar-refractivity contribution in [3.8, 4) is 12.1 Å². The SMILES string of the molecule is CCN(CCC#N)c1ccc(N=Nc2sc(N=Nc3ccc(N=O)cc3)cc2C#N)cc1. The lowest BCUT2D eigenvalue weighted by molar-refractivity contribution is 0.827. The molecule has 9 nitrogen and oxygen atoms in total. The standard InChI is InChI=1S/C22H18N8OS/c1-2-30(13-3-12-23)20-10-8-18(9-11-20)26-28-22-16(15-24)14-21(32-22)27-25-17-4-6-19(29-31)7-5-17/h4-11,14H,2-3,13H2,1H3. The number of benzene rings is 2. The molecule has 0 fully saturated rings. The van der Waals surface area contributed by atoms with Gasteiger partial charge in [-0.3, -0.25) is 0 Å². The maximum atomic E-state index is 10.5. The highest BCUT2D eigenvalue weighted by molar-refractivity contribution is 7.19. The van der Waals surface area contributed by atoms with Crippen LogP contribution in [0.1, 0.15) is 18.9 Å². The van der Waals surface area contributed by atoms with Crippen molar-refractivity contribution in [1.29, 1.82) is 10.5 Å². The summed E-state index contributed by atoms with van der Waals surface area (Å²) >= 11 is 1.20. The van der Waals surface area contributed by atoms with Gasteiger partial charge in [0.05, 0.1) is 29.4 Å². The monoisotopic (exact) mass is 442 g/mol. The highest BCUT2D eigenvalue weighted by Crippen LogP contribution is 2.38. The molecule has 1 heterocycles. The van der Waals surface area contributed by atoms with E-state index in [1.165, 1.54) is 11.3 Å². The smallest absolute Gasteiger partial charge is 0.158 e. The quantitative estimate of drug-likeness (QED) is 0.249. The van der Waals surface area contributed by atoms with Crippen LogP contribution in [-0.4, -0.2) is 13.1 Å². The third kappa shape index (κ3) is 5.88. The minimum Gasteiger partial charge on any atom is -0.371 e. The second-order valence-electron chi connectivity index (χ2n) is 6.43. The molecule has 2 aromatic carbocycles. The first kappa shape index (κ1) is 22.4. The van der Waals surface area contributed by atoms with E-state index in [1.54, 1.807) is 30.3 Å². The second kappa shape index (κ2) is 11.2. The zero-order chi connectivity index (χ0) is 22.8. The summed E-state index contributed by atoms with van der Waals surface area (Å²) < 4.78 is 0. The maximum Gasteiger partial charge on any atom is 0.158 e. The molecule has 0 aliphatic heterocycles. The fraction of sp³-hybridized carbons (Fsp3) is 0.182. The Morgan fingerprint density at radius 3 is 2.12 bits per heavy atom. The van der Waals surface area contributed by atoms with E-state index in [9.17, 15) is 10.2 Å². The average molecular weight is 443 g/mol. The molecule has 1 aromatic heterocycles. The van der Waals surface area contributed by atoms with Crippen molar-refractivity contribution < 1.29 is 0 Å². The summed E-state index contributed by atoms with van der Waals surface area (Å²) in [6, 6.07) is 19.7. The Labute approximate surface area is 189 Å². The Hall–Kier alpha value is -4.28. The molecule has 0 spiro atoms. The van der Waals surface area contributed by atoms with Gasteiger partial charge >= 0.3 is 0 Å². The summed E-state index contributed by atoms with van der Waals surface area (Å²) in [6.45, 7) is 3.51. The highest BCUT2D eigenvalue weighted by Gasteiger charge is 2.09. The van der Waals surface area contributed by atoms with E-state index < -0.39 is 0 Å². The first-order chi connectivity index (χ1) is 15.7. The van der Waals surface area contributed by atoms with Crippen LogP contribution in [0.4, 0.5) is 32.8 Å². The van der Waals surface area contributed by atoms with E-state index in [-0.39, 0.29) is 0 Å². The molecule has 10 heteroatoms. The molecular formula is C22H18N8OS. The molecule has 3 rings (SSSR count). The van der Waals surface area contributed by atoms with E-state index in [1.807, 2.05) is 31.2 Å². The molecule has 0 bridgehead atoms. The highest BCUT2D eigenvalue weighted by atomic mass is 32.1. The predicted octanol–water partition coefficient (Wildman–Crippen LogP) is 7.59. The number of thiophene rings is 1. The fourth-order valence-electron chi connectivity index (χ4n) is 2.75. The predicted molar refractivity (Wildman–Crippen MR) is 124 cm³/mol. The summed E-state index contributed by atoms with van der Waals surface area (Å²) in [7, 11) is 0. The van der Waals surface area contributed by atoms with Crippen molar-refractivity contribution in [3.05, 3.63) is 65.1 Å². The molecule has 0 N–H and O–H groups in total. The van der Waals surface area contributed by atoms with E-state index in [2.05, 4.69) is 42.7 Å². The van der Waals surface area contributed by atoms with Crippen LogP contribution in [0.2, 0.25) is 0 Å². The molecule has 0 atom stereocenters. The molecule has 0 aliphatic rings. The number of hydrogen-bond donors (Lipinski definition) is 0. The van der Waals surface area contributed by atoms with Gasteiger partial charge in [-0.1, -0.05) is 11.3 Å². The minimum absolute atomic E-state index is 0.312. The van der Waals surface area contributed by atoms with Gasteiger partial charge in [-0.15, -0.1) is 25.4 Å².